The summed E-state index contributed by atoms with van der Waals surface area (Å²) in [6.45, 7) is 3.57. The van der Waals surface area contributed by atoms with Gasteiger partial charge in [-0.1, -0.05) is 31.2 Å². The summed E-state index contributed by atoms with van der Waals surface area (Å²) in [7, 11) is 0. The Morgan fingerprint density at radius 2 is 2.25 bits per heavy atom. The summed E-state index contributed by atoms with van der Waals surface area (Å²) in [5.74, 6) is 0. The van der Waals surface area contributed by atoms with Gasteiger partial charge in [0.25, 0.3) is 0 Å². The third-order valence-electron chi connectivity index (χ3n) is 3.81. The van der Waals surface area contributed by atoms with E-state index in [-0.39, 0.29) is 6.10 Å². The Bertz CT molecular complexity index is 579. The molecule has 0 fully saturated rings. The van der Waals surface area contributed by atoms with Crippen LogP contribution in [-0.4, -0.2) is 21.5 Å². The number of rotatable bonds is 4. The Kier molecular flexibility index (Phi) is 3.85. The normalized spacial score (nSPS) is 19.6. The van der Waals surface area contributed by atoms with Gasteiger partial charge < -0.3 is 9.84 Å². The number of aliphatic hydroxyl groups is 1. The van der Waals surface area contributed by atoms with Gasteiger partial charge in [-0.3, -0.25) is 4.68 Å². The number of ether oxygens (including phenoxy) is 1. The van der Waals surface area contributed by atoms with Crippen LogP contribution in [-0.2, 0) is 17.7 Å². The second-order valence-corrected chi connectivity index (χ2v) is 5.16. The fourth-order valence-corrected chi connectivity index (χ4v) is 2.83. The van der Waals surface area contributed by atoms with E-state index in [0.29, 0.717) is 6.61 Å². The Balaban J connectivity index is 1.91. The second-order valence-electron chi connectivity index (χ2n) is 5.16. The van der Waals surface area contributed by atoms with E-state index in [9.17, 15) is 5.11 Å². The fourth-order valence-electron chi connectivity index (χ4n) is 2.83. The standard InChI is InChI=1S/C16H20N2O2/c1-2-10-18-14(7-9-17-18)15(19)16-13-6-4-3-5-12(13)8-11-20-16/h3-7,9,15-16,19H,2,8,10-11H2,1H3. The minimum Gasteiger partial charge on any atom is -0.384 e. The molecule has 2 atom stereocenters. The molecule has 2 aromatic rings. The van der Waals surface area contributed by atoms with Crippen LogP contribution in [0.4, 0.5) is 0 Å². The molecular formula is C16H20N2O2. The molecule has 0 radical (unpaired) electrons. The topological polar surface area (TPSA) is 47.3 Å². The summed E-state index contributed by atoms with van der Waals surface area (Å²) in [5.41, 5.74) is 3.19. The van der Waals surface area contributed by atoms with Crippen LogP contribution >= 0.6 is 0 Å². The molecule has 1 aromatic heterocycles. The molecule has 0 bridgehead atoms. The molecule has 20 heavy (non-hydrogen) atoms. The highest BCUT2D eigenvalue weighted by Gasteiger charge is 2.30. The van der Waals surface area contributed by atoms with E-state index < -0.39 is 6.10 Å². The predicted octanol–water partition coefficient (Wildman–Crippen LogP) is 2.64. The van der Waals surface area contributed by atoms with Gasteiger partial charge in [0, 0.05) is 12.7 Å². The van der Waals surface area contributed by atoms with Crippen molar-refractivity contribution >= 4 is 0 Å². The van der Waals surface area contributed by atoms with Crippen LogP contribution in [0.2, 0.25) is 0 Å². The highest BCUT2D eigenvalue weighted by atomic mass is 16.5. The lowest BCUT2D eigenvalue weighted by Crippen LogP contribution is -2.24. The summed E-state index contributed by atoms with van der Waals surface area (Å²) < 4.78 is 7.70. The highest BCUT2D eigenvalue weighted by molar-refractivity contribution is 5.32. The smallest absolute Gasteiger partial charge is 0.126 e. The van der Waals surface area contributed by atoms with Crippen LogP contribution in [0, 0.1) is 0 Å². The molecule has 2 unspecified atom stereocenters. The largest absolute Gasteiger partial charge is 0.384 e. The Labute approximate surface area is 119 Å². The van der Waals surface area contributed by atoms with Crippen molar-refractivity contribution in [3.8, 4) is 0 Å². The van der Waals surface area contributed by atoms with Crippen molar-refractivity contribution in [2.24, 2.45) is 0 Å². The van der Waals surface area contributed by atoms with E-state index in [4.69, 9.17) is 4.74 Å². The van der Waals surface area contributed by atoms with Crippen LogP contribution in [0.15, 0.2) is 36.5 Å². The number of aromatic nitrogens is 2. The van der Waals surface area contributed by atoms with Crippen molar-refractivity contribution in [2.45, 2.75) is 38.5 Å². The SMILES string of the molecule is CCCn1nccc1C(O)C1OCCc2ccccc21. The van der Waals surface area contributed by atoms with Crippen LogP contribution in [0.25, 0.3) is 0 Å². The predicted molar refractivity (Wildman–Crippen MR) is 76.3 cm³/mol. The Morgan fingerprint density at radius 1 is 1.40 bits per heavy atom. The zero-order chi connectivity index (χ0) is 13.9. The summed E-state index contributed by atoms with van der Waals surface area (Å²) in [6, 6.07) is 10.1. The number of hydrogen-bond acceptors (Lipinski definition) is 3. The van der Waals surface area contributed by atoms with E-state index in [1.165, 1.54) is 5.56 Å². The zero-order valence-corrected chi connectivity index (χ0v) is 11.7. The average Bonchev–Trinajstić information content (AvgIpc) is 2.94. The first-order chi connectivity index (χ1) is 9.81. The summed E-state index contributed by atoms with van der Waals surface area (Å²) >= 11 is 0. The first kappa shape index (κ1) is 13.3. The number of benzene rings is 1. The number of fused-ring (bicyclic) bond motifs is 1. The molecule has 0 amide bonds. The lowest BCUT2D eigenvalue weighted by molar-refractivity contribution is -0.0516. The van der Waals surface area contributed by atoms with Crippen LogP contribution < -0.4 is 0 Å². The summed E-state index contributed by atoms with van der Waals surface area (Å²) in [4.78, 5) is 0. The minimum atomic E-state index is -0.675. The number of aryl methyl sites for hydroxylation is 1. The molecule has 0 spiro atoms. The van der Waals surface area contributed by atoms with Gasteiger partial charge in [-0.05, 0) is 30.0 Å². The van der Waals surface area contributed by atoms with Gasteiger partial charge in [-0.25, -0.2) is 0 Å². The van der Waals surface area contributed by atoms with Crippen LogP contribution in [0.5, 0.6) is 0 Å². The van der Waals surface area contributed by atoms with E-state index in [2.05, 4.69) is 18.1 Å². The fraction of sp³-hybridized carbons (Fsp3) is 0.438. The number of hydrogen-bond donors (Lipinski definition) is 1. The lowest BCUT2D eigenvalue weighted by atomic mass is 9.93. The van der Waals surface area contributed by atoms with Crippen molar-refractivity contribution in [2.75, 3.05) is 6.61 Å². The Morgan fingerprint density at radius 3 is 3.10 bits per heavy atom. The van der Waals surface area contributed by atoms with Gasteiger partial charge in [-0.2, -0.15) is 5.10 Å². The van der Waals surface area contributed by atoms with Gasteiger partial charge in [0.2, 0.25) is 0 Å². The molecule has 0 saturated heterocycles. The minimum absolute atomic E-state index is 0.299. The molecule has 2 heterocycles. The maximum Gasteiger partial charge on any atom is 0.126 e. The molecule has 4 heteroatoms. The summed E-state index contributed by atoms with van der Waals surface area (Å²) in [5, 5.41) is 15.0. The van der Waals surface area contributed by atoms with Crippen molar-refractivity contribution in [3.63, 3.8) is 0 Å². The second kappa shape index (κ2) is 5.77. The molecule has 0 saturated carbocycles. The van der Waals surface area contributed by atoms with E-state index in [1.54, 1.807) is 6.20 Å². The first-order valence-electron chi connectivity index (χ1n) is 7.20. The molecule has 1 N–H and O–H groups in total. The highest BCUT2D eigenvalue weighted by Crippen LogP contribution is 2.36. The summed E-state index contributed by atoms with van der Waals surface area (Å²) in [6.07, 6.45) is 2.66. The van der Waals surface area contributed by atoms with E-state index in [0.717, 1.165) is 30.6 Å². The molecule has 1 aliphatic rings. The molecule has 0 aliphatic carbocycles. The zero-order valence-electron chi connectivity index (χ0n) is 11.7. The van der Waals surface area contributed by atoms with Crippen LogP contribution in [0.1, 0.15) is 42.4 Å². The van der Waals surface area contributed by atoms with Gasteiger partial charge >= 0.3 is 0 Å². The van der Waals surface area contributed by atoms with E-state index in [1.807, 2.05) is 28.9 Å². The molecule has 3 rings (SSSR count). The number of nitrogens with zero attached hydrogens (tertiary/aromatic N) is 2. The van der Waals surface area contributed by atoms with Crippen molar-refractivity contribution in [3.05, 3.63) is 53.3 Å². The van der Waals surface area contributed by atoms with Gasteiger partial charge in [0.15, 0.2) is 0 Å². The van der Waals surface area contributed by atoms with Crippen LogP contribution in [0.3, 0.4) is 0 Å². The molecule has 106 valence electrons. The molecule has 4 nitrogen and oxygen atoms in total. The molecule has 1 aliphatic heterocycles. The van der Waals surface area contributed by atoms with E-state index >= 15 is 0 Å². The third kappa shape index (κ3) is 2.37. The van der Waals surface area contributed by atoms with Crippen molar-refractivity contribution in [1.82, 2.24) is 9.78 Å². The molecular weight excluding hydrogens is 252 g/mol. The first-order valence-corrected chi connectivity index (χ1v) is 7.20. The average molecular weight is 272 g/mol. The van der Waals surface area contributed by atoms with Gasteiger partial charge in [-0.15, -0.1) is 0 Å². The van der Waals surface area contributed by atoms with Gasteiger partial charge in [0.05, 0.1) is 12.3 Å². The third-order valence-corrected chi connectivity index (χ3v) is 3.81. The Hall–Kier alpha value is -1.65. The van der Waals surface area contributed by atoms with Crippen molar-refractivity contribution < 1.29 is 9.84 Å². The quantitative estimate of drug-likeness (QED) is 0.930. The maximum atomic E-state index is 10.7. The molecule has 1 aromatic carbocycles. The number of aliphatic hydroxyl groups excluding tert-OH is 1. The lowest BCUT2D eigenvalue weighted by Gasteiger charge is -2.30. The maximum absolute atomic E-state index is 10.7. The monoisotopic (exact) mass is 272 g/mol. The van der Waals surface area contributed by atoms with Gasteiger partial charge in [0.1, 0.15) is 12.2 Å². The van der Waals surface area contributed by atoms with Crippen molar-refractivity contribution in [1.29, 1.82) is 0 Å².